The van der Waals surface area contributed by atoms with E-state index < -0.39 is 0 Å². The molecule has 0 saturated heterocycles. The lowest BCUT2D eigenvalue weighted by Crippen LogP contribution is -2.29. The first-order valence-electron chi connectivity index (χ1n) is 8.93. The van der Waals surface area contributed by atoms with E-state index in [4.69, 9.17) is 35.4 Å². The minimum absolute atomic E-state index is 0.473. The average molecular weight is 437 g/mol. The van der Waals surface area contributed by atoms with Crippen molar-refractivity contribution in [2.24, 2.45) is 0 Å². The molecule has 28 heavy (non-hydrogen) atoms. The molecular formula is C19H22Cl2N6S. The molecular weight excluding hydrogens is 415 g/mol. The van der Waals surface area contributed by atoms with Gasteiger partial charge in [0.25, 0.3) is 0 Å². The van der Waals surface area contributed by atoms with Crippen molar-refractivity contribution in [3.05, 3.63) is 63.7 Å². The molecule has 0 fully saturated rings. The van der Waals surface area contributed by atoms with Gasteiger partial charge in [-0.25, -0.2) is 0 Å². The van der Waals surface area contributed by atoms with E-state index in [-0.39, 0.29) is 0 Å². The second-order valence-electron chi connectivity index (χ2n) is 6.56. The van der Waals surface area contributed by atoms with E-state index >= 15 is 0 Å². The molecule has 0 radical (unpaired) electrons. The Morgan fingerprint density at radius 2 is 1.93 bits per heavy atom. The van der Waals surface area contributed by atoms with Crippen molar-refractivity contribution in [3.8, 4) is 0 Å². The number of hydrogen-bond donors (Lipinski definition) is 2. The minimum Gasteiger partial charge on any atom is -0.362 e. The van der Waals surface area contributed by atoms with Crippen LogP contribution in [-0.2, 0) is 13.1 Å². The molecule has 0 aliphatic rings. The van der Waals surface area contributed by atoms with Gasteiger partial charge in [0.15, 0.2) is 5.11 Å². The molecule has 0 atom stereocenters. The average Bonchev–Trinajstić information content (AvgIpc) is 3.20. The van der Waals surface area contributed by atoms with Crippen LogP contribution >= 0.6 is 35.4 Å². The van der Waals surface area contributed by atoms with E-state index in [9.17, 15) is 0 Å². The molecule has 9 heteroatoms. The highest BCUT2D eigenvalue weighted by atomic mass is 35.5. The van der Waals surface area contributed by atoms with Crippen molar-refractivity contribution in [3.63, 3.8) is 0 Å². The summed E-state index contributed by atoms with van der Waals surface area (Å²) < 4.78 is 3.58. The van der Waals surface area contributed by atoms with Crippen molar-refractivity contribution in [1.29, 1.82) is 0 Å². The first kappa shape index (κ1) is 20.6. The van der Waals surface area contributed by atoms with Crippen molar-refractivity contribution in [2.45, 2.75) is 33.4 Å². The zero-order valence-electron chi connectivity index (χ0n) is 15.7. The summed E-state index contributed by atoms with van der Waals surface area (Å²) in [6, 6.07) is 8.42. The molecule has 3 rings (SSSR count). The molecule has 0 unspecified atom stereocenters. The lowest BCUT2D eigenvalue weighted by atomic mass is 10.1. The van der Waals surface area contributed by atoms with Crippen LogP contribution in [0, 0.1) is 13.8 Å². The minimum atomic E-state index is 0.473. The first-order chi connectivity index (χ1) is 13.4. The lowest BCUT2D eigenvalue weighted by Gasteiger charge is -2.09. The number of thiocarbonyl (C=S) groups is 1. The summed E-state index contributed by atoms with van der Waals surface area (Å²) >= 11 is 17.5. The number of benzene rings is 1. The van der Waals surface area contributed by atoms with Gasteiger partial charge >= 0.3 is 0 Å². The molecule has 0 amide bonds. The number of nitrogens with zero attached hydrogens (tertiary/aromatic N) is 4. The topological polar surface area (TPSA) is 59.7 Å². The van der Waals surface area contributed by atoms with E-state index in [1.165, 1.54) is 11.1 Å². The predicted molar refractivity (Wildman–Crippen MR) is 118 cm³/mol. The number of nitrogens with one attached hydrogen (secondary N) is 2. The number of rotatable bonds is 7. The fraction of sp³-hybridized carbons (Fsp3) is 0.316. The first-order valence-corrected chi connectivity index (χ1v) is 10.1. The summed E-state index contributed by atoms with van der Waals surface area (Å²) in [4.78, 5) is 0. The number of aryl methyl sites for hydroxylation is 3. The van der Waals surface area contributed by atoms with Crippen LogP contribution < -0.4 is 10.6 Å². The largest absolute Gasteiger partial charge is 0.362 e. The summed E-state index contributed by atoms with van der Waals surface area (Å²) in [5.74, 6) is 0. The van der Waals surface area contributed by atoms with Gasteiger partial charge in [-0.3, -0.25) is 9.36 Å². The Bertz CT molecular complexity index is 948. The number of halogens is 2. The van der Waals surface area contributed by atoms with Gasteiger partial charge in [0.2, 0.25) is 0 Å². The van der Waals surface area contributed by atoms with Crippen molar-refractivity contribution in [2.75, 3.05) is 11.9 Å². The van der Waals surface area contributed by atoms with Crippen molar-refractivity contribution >= 4 is 46.2 Å². The molecule has 0 saturated carbocycles. The van der Waals surface area contributed by atoms with Gasteiger partial charge < -0.3 is 10.6 Å². The van der Waals surface area contributed by atoms with Gasteiger partial charge in [0.1, 0.15) is 10.2 Å². The van der Waals surface area contributed by atoms with Crippen LogP contribution in [0.1, 0.15) is 23.2 Å². The third-order valence-corrected chi connectivity index (χ3v) is 5.36. The second-order valence-corrected chi connectivity index (χ2v) is 7.70. The molecule has 3 aromatic rings. The Balaban J connectivity index is 1.42. The molecule has 2 N–H and O–H groups in total. The maximum atomic E-state index is 6.13. The van der Waals surface area contributed by atoms with E-state index in [2.05, 4.69) is 52.0 Å². The summed E-state index contributed by atoms with van der Waals surface area (Å²) in [5.41, 5.74) is 4.03. The summed E-state index contributed by atoms with van der Waals surface area (Å²) in [6.07, 6.45) is 4.50. The number of anilines is 1. The van der Waals surface area contributed by atoms with Gasteiger partial charge in [-0.15, -0.1) is 0 Å². The van der Waals surface area contributed by atoms with E-state index in [0.29, 0.717) is 28.4 Å². The standard InChI is InChI=1S/C19H22Cl2N6S/c1-13-4-6-15(7-5-13)11-26-12-16(10-23-26)24-19(28)22-8-3-9-27-18(21)17(20)14(2)25-27/h4-7,10,12H,3,8-9,11H2,1-2H3,(H2,22,24,28). The highest BCUT2D eigenvalue weighted by Gasteiger charge is 2.10. The van der Waals surface area contributed by atoms with Crippen LogP contribution in [-0.4, -0.2) is 31.2 Å². The molecule has 0 aliphatic heterocycles. The Labute approximate surface area is 179 Å². The Hall–Kier alpha value is -2.09. The van der Waals surface area contributed by atoms with Crippen molar-refractivity contribution in [1.82, 2.24) is 24.9 Å². The maximum absolute atomic E-state index is 6.13. The van der Waals surface area contributed by atoms with Gasteiger partial charge in [-0.05, 0) is 38.0 Å². The molecule has 0 bridgehead atoms. The molecule has 0 aliphatic carbocycles. The lowest BCUT2D eigenvalue weighted by molar-refractivity contribution is 0.571. The third kappa shape index (κ3) is 5.47. The smallest absolute Gasteiger partial charge is 0.170 e. The Morgan fingerprint density at radius 1 is 1.18 bits per heavy atom. The maximum Gasteiger partial charge on any atom is 0.170 e. The molecule has 1 aromatic carbocycles. The van der Waals surface area contributed by atoms with Gasteiger partial charge in [0.05, 0.1) is 24.1 Å². The predicted octanol–water partition coefficient (Wildman–Crippen LogP) is 4.43. The Morgan fingerprint density at radius 3 is 2.61 bits per heavy atom. The third-order valence-electron chi connectivity index (χ3n) is 4.18. The van der Waals surface area contributed by atoms with Gasteiger partial charge in [0, 0.05) is 19.3 Å². The zero-order valence-corrected chi connectivity index (χ0v) is 18.1. The molecule has 148 valence electrons. The van der Waals surface area contributed by atoms with Crippen LogP contribution in [0.3, 0.4) is 0 Å². The fourth-order valence-corrected chi connectivity index (χ4v) is 3.30. The summed E-state index contributed by atoms with van der Waals surface area (Å²) in [7, 11) is 0. The number of aromatic nitrogens is 4. The summed E-state index contributed by atoms with van der Waals surface area (Å²) in [5, 5.41) is 16.5. The van der Waals surface area contributed by atoms with E-state index in [1.54, 1.807) is 10.9 Å². The second kappa shape index (κ2) is 9.41. The van der Waals surface area contributed by atoms with E-state index in [1.807, 2.05) is 17.8 Å². The highest BCUT2D eigenvalue weighted by molar-refractivity contribution is 7.80. The van der Waals surface area contributed by atoms with Crippen LogP contribution in [0.4, 0.5) is 5.69 Å². The van der Waals surface area contributed by atoms with Crippen LogP contribution in [0.15, 0.2) is 36.7 Å². The van der Waals surface area contributed by atoms with Crippen LogP contribution in [0.25, 0.3) is 0 Å². The van der Waals surface area contributed by atoms with Gasteiger partial charge in [-0.2, -0.15) is 10.2 Å². The van der Waals surface area contributed by atoms with Crippen molar-refractivity contribution < 1.29 is 0 Å². The number of hydrogen-bond acceptors (Lipinski definition) is 3. The van der Waals surface area contributed by atoms with Gasteiger partial charge in [-0.1, -0.05) is 53.0 Å². The molecule has 6 nitrogen and oxygen atoms in total. The fourth-order valence-electron chi connectivity index (χ4n) is 2.68. The SMILES string of the molecule is Cc1ccc(Cn2cc(NC(=S)NCCCn3nc(C)c(Cl)c3Cl)cn2)cc1. The summed E-state index contributed by atoms with van der Waals surface area (Å²) in [6.45, 7) is 5.98. The monoisotopic (exact) mass is 436 g/mol. The quantitative estimate of drug-likeness (QED) is 0.423. The van der Waals surface area contributed by atoms with Crippen LogP contribution in [0.2, 0.25) is 10.2 Å². The molecule has 2 aromatic heterocycles. The molecule has 2 heterocycles. The van der Waals surface area contributed by atoms with Crippen LogP contribution in [0.5, 0.6) is 0 Å². The Kier molecular flexibility index (Phi) is 6.93. The zero-order chi connectivity index (χ0) is 20.1. The normalized spacial score (nSPS) is 10.9. The highest BCUT2D eigenvalue weighted by Crippen LogP contribution is 2.24. The van der Waals surface area contributed by atoms with E-state index in [0.717, 1.165) is 24.3 Å². The molecule has 0 spiro atoms.